The molecule has 0 radical (unpaired) electrons. The predicted molar refractivity (Wildman–Crippen MR) is 63.3 cm³/mol. The number of fused-ring (bicyclic) bond motifs is 1. The summed E-state index contributed by atoms with van der Waals surface area (Å²) in [6.45, 7) is 2.09. The molecule has 82 valence electrons. The van der Waals surface area contributed by atoms with E-state index in [1.165, 1.54) is 41.3 Å². The van der Waals surface area contributed by atoms with Gasteiger partial charge in [-0.2, -0.15) is 16.9 Å². The predicted octanol–water partition coefficient (Wildman–Crippen LogP) is 1.67. The maximum absolute atomic E-state index is 4.55. The standard InChI is InChI=1S/C11H17N3S/c1-4-12-7-10-9(1)11(14-13-10)8-2-5-15-6-3-8/h8,12H,1-7H2,(H,13,14). The first-order valence-corrected chi connectivity index (χ1v) is 6.95. The molecule has 15 heavy (non-hydrogen) atoms. The molecule has 1 fully saturated rings. The van der Waals surface area contributed by atoms with Crippen molar-refractivity contribution >= 4 is 11.8 Å². The Balaban J connectivity index is 1.87. The van der Waals surface area contributed by atoms with E-state index in [0.717, 1.165) is 25.4 Å². The average Bonchev–Trinajstić information content (AvgIpc) is 2.74. The van der Waals surface area contributed by atoms with Crippen LogP contribution in [0.3, 0.4) is 0 Å². The number of aromatic amines is 1. The van der Waals surface area contributed by atoms with Gasteiger partial charge in [0.05, 0.1) is 11.4 Å². The van der Waals surface area contributed by atoms with Crippen LogP contribution >= 0.6 is 11.8 Å². The van der Waals surface area contributed by atoms with Crippen LogP contribution in [0.2, 0.25) is 0 Å². The Bertz CT molecular complexity index is 342. The van der Waals surface area contributed by atoms with Crippen molar-refractivity contribution in [3.63, 3.8) is 0 Å². The summed E-state index contributed by atoms with van der Waals surface area (Å²) in [5.74, 6) is 3.35. The number of nitrogens with zero attached hydrogens (tertiary/aromatic N) is 1. The minimum atomic E-state index is 0.726. The highest BCUT2D eigenvalue weighted by atomic mass is 32.2. The zero-order valence-corrected chi connectivity index (χ0v) is 9.70. The zero-order valence-electron chi connectivity index (χ0n) is 8.88. The Hall–Kier alpha value is -0.480. The van der Waals surface area contributed by atoms with Gasteiger partial charge in [0.1, 0.15) is 0 Å². The molecule has 0 spiro atoms. The lowest BCUT2D eigenvalue weighted by Gasteiger charge is -2.22. The van der Waals surface area contributed by atoms with Crippen molar-refractivity contribution in [1.82, 2.24) is 15.5 Å². The first-order chi connectivity index (χ1) is 7.45. The largest absolute Gasteiger partial charge is 0.311 e. The number of aromatic nitrogens is 2. The Morgan fingerprint density at radius 1 is 1.27 bits per heavy atom. The number of hydrogen-bond acceptors (Lipinski definition) is 3. The van der Waals surface area contributed by atoms with Crippen molar-refractivity contribution in [2.75, 3.05) is 18.1 Å². The first kappa shape index (κ1) is 9.73. The maximum Gasteiger partial charge on any atom is 0.0689 e. The van der Waals surface area contributed by atoms with Crippen LogP contribution in [0.5, 0.6) is 0 Å². The van der Waals surface area contributed by atoms with E-state index in [2.05, 4.69) is 27.3 Å². The summed E-state index contributed by atoms with van der Waals surface area (Å²) < 4.78 is 0. The van der Waals surface area contributed by atoms with E-state index in [1.54, 1.807) is 0 Å². The normalized spacial score (nSPS) is 22.7. The molecule has 3 heterocycles. The van der Waals surface area contributed by atoms with Gasteiger partial charge in [-0.1, -0.05) is 0 Å². The Kier molecular flexibility index (Phi) is 2.71. The van der Waals surface area contributed by atoms with E-state index in [1.807, 2.05) is 0 Å². The molecule has 1 aromatic heterocycles. The summed E-state index contributed by atoms with van der Waals surface area (Å²) in [6.07, 6.45) is 3.79. The van der Waals surface area contributed by atoms with Gasteiger partial charge in [0.15, 0.2) is 0 Å². The fraction of sp³-hybridized carbons (Fsp3) is 0.727. The lowest BCUT2D eigenvalue weighted by Crippen LogP contribution is -2.24. The summed E-state index contributed by atoms with van der Waals surface area (Å²) in [6, 6.07) is 0. The molecular weight excluding hydrogens is 206 g/mol. The maximum atomic E-state index is 4.55. The van der Waals surface area contributed by atoms with Crippen molar-refractivity contribution < 1.29 is 0 Å². The molecule has 3 nitrogen and oxygen atoms in total. The van der Waals surface area contributed by atoms with Gasteiger partial charge >= 0.3 is 0 Å². The van der Waals surface area contributed by atoms with Crippen LogP contribution in [0.4, 0.5) is 0 Å². The third-order valence-electron chi connectivity index (χ3n) is 3.45. The minimum Gasteiger partial charge on any atom is -0.311 e. The molecule has 0 amide bonds. The monoisotopic (exact) mass is 223 g/mol. The van der Waals surface area contributed by atoms with Crippen molar-refractivity contribution in [3.8, 4) is 0 Å². The Labute approximate surface area is 94.4 Å². The highest BCUT2D eigenvalue weighted by Gasteiger charge is 2.24. The Morgan fingerprint density at radius 3 is 3.00 bits per heavy atom. The van der Waals surface area contributed by atoms with Gasteiger partial charge in [-0.15, -0.1) is 0 Å². The molecule has 1 saturated heterocycles. The molecule has 3 rings (SSSR count). The van der Waals surface area contributed by atoms with E-state index in [-0.39, 0.29) is 0 Å². The van der Waals surface area contributed by atoms with Crippen molar-refractivity contribution in [2.45, 2.75) is 31.7 Å². The fourth-order valence-corrected chi connectivity index (χ4v) is 3.68. The molecule has 2 N–H and O–H groups in total. The van der Waals surface area contributed by atoms with Crippen LogP contribution in [0.25, 0.3) is 0 Å². The molecule has 4 heteroatoms. The zero-order chi connectivity index (χ0) is 10.1. The second kappa shape index (κ2) is 4.18. The van der Waals surface area contributed by atoms with Crippen LogP contribution in [-0.4, -0.2) is 28.2 Å². The van der Waals surface area contributed by atoms with Gasteiger partial charge in [-0.25, -0.2) is 0 Å². The fourth-order valence-electron chi connectivity index (χ4n) is 2.58. The van der Waals surface area contributed by atoms with Gasteiger partial charge in [0, 0.05) is 12.5 Å². The lowest BCUT2D eigenvalue weighted by atomic mass is 9.92. The van der Waals surface area contributed by atoms with Gasteiger partial charge in [0.2, 0.25) is 0 Å². The van der Waals surface area contributed by atoms with Crippen LogP contribution in [0.1, 0.15) is 35.7 Å². The lowest BCUT2D eigenvalue weighted by molar-refractivity contribution is 0.598. The van der Waals surface area contributed by atoms with Crippen molar-refractivity contribution in [2.24, 2.45) is 0 Å². The summed E-state index contributed by atoms with van der Waals surface area (Å²) in [7, 11) is 0. The summed E-state index contributed by atoms with van der Waals surface area (Å²) in [5.41, 5.74) is 4.23. The average molecular weight is 223 g/mol. The molecule has 0 aromatic carbocycles. The van der Waals surface area contributed by atoms with E-state index < -0.39 is 0 Å². The molecule has 2 aliphatic rings. The second-order valence-electron chi connectivity index (χ2n) is 4.38. The molecule has 1 aromatic rings. The summed E-state index contributed by atoms with van der Waals surface area (Å²) >= 11 is 2.08. The van der Waals surface area contributed by atoms with Crippen LogP contribution in [-0.2, 0) is 13.0 Å². The molecule has 2 aliphatic heterocycles. The van der Waals surface area contributed by atoms with E-state index in [4.69, 9.17) is 0 Å². The van der Waals surface area contributed by atoms with E-state index in [9.17, 15) is 0 Å². The van der Waals surface area contributed by atoms with E-state index >= 15 is 0 Å². The van der Waals surface area contributed by atoms with Crippen molar-refractivity contribution in [3.05, 3.63) is 17.0 Å². The van der Waals surface area contributed by atoms with Crippen molar-refractivity contribution in [1.29, 1.82) is 0 Å². The second-order valence-corrected chi connectivity index (χ2v) is 5.60. The smallest absolute Gasteiger partial charge is 0.0689 e. The molecule has 0 atom stereocenters. The molecule has 0 unspecified atom stereocenters. The minimum absolute atomic E-state index is 0.726. The number of nitrogens with one attached hydrogen (secondary N) is 2. The van der Waals surface area contributed by atoms with Gasteiger partial charge < -0.3 is 5.32 Å². The highest BCUT2D eigenvalue weighted by molar-refractivity contribution is 7.99. The van der Waals surface area contributed by atoms with Crippen LogP contribution < -0.4 is 5.32 Å². The summed E-state index contributed by atoms with van der Waals surface area (Å²) in [5, 5.41) is 11.1. The van der Waals surface area contributed by atoms with Gasteiger partial charge in [-0.05, 0) is 42.9 Å². The quantitative estimate of drug-likeness (QED) is 0.761. The van der Waals surface area contributed by atoms with Crippen LogP contribution in [0, 0.1) is 0 Å². The number of rotatable bonds is 1. The number of thioether (sulfide) groups is 1. The van der Waals surface area contributed by atoms with Gasteiger partial charge in [0.25, 0.3) is 0 Å². The van der Waals surface area contributed by atoms with Crippen LogP contribution in [0.15, 0.2) is 0 Å². The third kappa shape index (κ3) is 1.81. The van der Waals surface area contributed by atoms with Gasteiger partial charge in [-0.3, -0.25) is 5.10 Å². The first-order valence-electron chi connectivity index (χ1n) is 5.79. The topological polar surface area (TPSA) is 40.7 Å². The Morgan fingerprint density at radius 2 is 2.13 bits per heavy atom. The summed E-state index contributed by atoms with van der Waals surface area (Å²) in [4.78, 5) is 0. The third-order valence-corrected chi connectivity index (χ3v) is 4.50. The molecular formula is C11H17N3S. The number of H-pyrrole nitrogens is 1. The molecule has 0 aliphatic carbocycles. The SMILES string of the molecule is C1Cc2c(C3CCSCC3)n[nH]c2CN1. The van der Waals surface area contributed by atoms with E-state index in [0.29, 0.717) is 0 Å². The number of hydrogen-bond donors (Lipinski definition) is 2. The molecule has 0 bridgehead atoms. The highest BCUT2D eigenvalue weighted by Crippen LogP contribution is 2.33. The molecule has 0 saturated carbocycles.